The highest BCUT2D eigenvalue weighted by Crippen LogP contribution is 2.28. The first kappa shape index (κ1) is 22.9. The Hall–Kier alpha value is -3.87. The van der Waals surface area contributed by atoms with Gasteiger partial charge in [0.1, 0.15) is 17.4 Å². The van der Waals surface area contributed by atoms with E-state index in [2.05, 4.69) is 9.97 Å². The van der Waals surface area contributed by atoms with Crippen LogP contribution in [0.4, 0.5) is 8.78 Å². The van der Waals surface area contributed by atoms with E-state index in [0.717, 1.165) is 29.7 Å². The van der Waals surface area contributed by atoms with Crippen molar-refractivity contribution in [3.8, 4) is 0 Å². The Morgan fingerprint density at radius 3 is 2.66 bits per heavy atom. The van der Waals surface area contributed by atoms with Crippen LogP contribution in [0.2, 0.25) is 0 Å². The number of amides is 1. The number of carbonyl (C=O) groups is 1. The highest BCUT2D eigenvalue weighted by atomic mass is 19.1. The van der Waals surface area contributed by atoms with Gasteiger partial charge < -0.3 is 9.32 Å². The van der Waals surface area contributed by atoms with Crippen LogP contribution in [0.25, 0.3) is 0 Å². The van der Waals surface area contributed by atoms with E-state index in [9.17, 15) is 13.6 Å². The lowest BCUT2D eigenvalue weighted by atomic mass is 9.97. The molecule has 7 heteroatoms. The lowest BCUT2D eigenvalue weighted by Crippen LogP contribution is -2.39. The van der Waals surface area contributed by atoms with Gasteiger partial charge in [-0.25, -0.2) is 13.8 Å². The molecule has 4 aromatic rings. The second kappa shape index (κ2) is 10.2. The maximum atomic E-state index is 13.5. The monoisotopic (exact) mass is 473 g/mol. The fourth-order valence-electron chi connectivity index (χ4n) is 4.51. The van der Waals surface area contributed by atoms with Gasteiger partial charge in [0.2, 0.25) is 0 Å². The van der Waals surface area contributed by atoms with Crippen LogP contribution >= 0.6 is 0 Å². The van der Waals surface area contributed by atoms with Crippen molar-refractivity contribution in [2.45, 2.75) is 31.6 Å². The summed E-state index contributed by atoms with van der Waals surface area (Å²) >= 11 is 0. The summed E-state index contributed by atoms with van der Waals surface area (Å²) in [5.74, 6) is 0.686. The second-order valence-electron chi connectivity index (χ2n) is 8.90. The molecule has 1 fully saturated rings. The molecule has 0 bridgehead atoms. The van der Waals surface area contributed by atoms with Crippen LogP contribution in [0.3, 0.4) is 0 Å². The molecule has 0 spiro atoms. The molecule has 3 heterocycles. The van der Waals surface area contributed by atoms with E-state index in [-0.39, 0.29) is 23.5 Å². The van der Waals surface area contributed by atoms with Gasteiger partial charge in [0.25, 0.3) is 5.91 Å². The summed E-state index contributed by atoms with van der Waals surface area (Å²) in [4.78, 5) is 23.9. The molecule has 1 atom stereocenters. The van der Waals surface area contributed by atoms with E-state index in [1.165, 1.54) is 24.3 Å². The Balaban J connectivity index is 1.25. The minimum Gasteiger partial charge on any atom is -0.445 e. The van der Waals surface area contributed by atoms with Crippen molar-refractivity contribution in [1.82, 2.24) is 14.9 Å². The molecule has 5 nitrogen and oxygen atoms in total. The number of benzene rings is 2. The van der Waals surface area contributed by atoms with Gasteiger partial charge >= 0.3 is 0 Å². The van der Waals surface area contributed by atoms with Gasteiger partial charge in [0.05, 0.1) is 12.1 Å². The third kappa shape index (κ3) is 5.62. The molecule has 0 saturated carbocycles. The molecule has 5 rings (SSSR count). The zero-order chi connectivity index (χ0) is 24.2. The highest BCUT2D eigenvalue weighted by Gasteiger charge is 2.28. The molecule has 0 N–H and O–H groups in total. The predicted molar refractivity (Wildman–Crippen MR) is 127 cm³/mol. The van der Waals surface area contributed by atoms with Gasteiger partial charge in [-0.1, -0.05) is 24.3 Å². The van der Waals surface area contributed by atoms with E-state index in [4.69, 9.17) is 4.42 Å². The molecular formula is C28H25F2N3O2. The van der Waals surface area contributed by atoms with Gasteiger partial charge in [-0.15, -0.1) is 0 Å². The molecule has 1 saturated heterocycles. The first-order valence-electron chi connectivity index (χ1n) is 11.7. The average Bonchev–Trinajstić information content (AvgIpc) is 3.34. The molecule has 1 amide bonds. The van der Waals surface area contributed by atoms with Crippen LogP contribution in [0.5, 0.6) is 0 Å². The number of carbonyl (C=O) groups excluding carboxylic acids is 1. The third-order valence-corrected chi connectivity index (χ3v) is 6.26. The van der Waals surface area contributed by atoms with Crippen molar-refractivity contribution in [2.75, 3.05) is 13.1 Å². The average molecular weight is 474 g/mol. The zero-order valence-electron chi connectivity index (χ0n) is 19.2. The number of oxazole rings is 1. The fourth-order valence-corrected chi connectivity index (χ4v) is 4.51. The van der Waals surface area contributed by atoms with Crippen molar-refractivity contribution in [3.05, 3.63) is 119 Å². The SMILES string of the molecule is O=C(c1ccnc(Cc2ccc(F)cc2)c1)N1CCC[C@H](c2ncc(Cc3cccc(F)c3)o2)C1. The minimum atomic E-state index is -0.280. The Labute approximate surface area is 202 Å². The number of aromatic nitrogens is 2. The number of halogens is 2. The van der Waals surface area contributed by atoms with Crippen LogP contribution in [-0.2, 0) is 12.8 Å². The summed E-state index contributed by atoms with van der Waals surface area (Å²) < 4.78 is 32.6. The summed E-state index contributed by atoms with van der Waals surface area (Å²) in [6.45, 7) is 1.19. The predicted octanol–water partition coefficient (Wildman–Crippen LogP) is 5.55. The Bertz CT molecular complexity index is 1320. The molecule has 0 unspecified atom stereocenters. The molecule has 1 aliphatic rings. The lowest BCUT2D eigenvalue weighted by Gasteiger charge is -2.31. The van der Waals surface area contributed by atoms with Gasteiger partial charge in [-0.2, -0.15) is 0 Å². The Morgan fingerprint density at radius 2 is 1.83 bits per heavy atom. The molecule has 0 radical (unpaired) electrons. The number of likely N-dealkylation sites (tertiary alicyclic amines) is 1. The maximum absolute atomic E-state index is 13.5. The van der Waals surface area contributed by atoms with E-state index in [0.29, 0.717) is 43.1 Å². The van der Waals surface area contributed by atoms with Crippen molar-refractivity contribution in [3.63, 3.8) is 0 Å². The van der Waals surface area contributed by atoms with Gasteiger partial charge in [0.15, 0.2) is 5.89 Å². The van der Waals surface area contributed by atoms with Gasteiger partial charge in [-0.05, 0) is 60.4 Å². The normalized spacial score (nSPS) is 15.8. The molecule has 2 aromatic carbocycles. The van der Waals surface area contributed by atoms with Crippen LogP contribution in [0, 0.1) is 11.6 Å². The van der Waals surface area contributed by atoms with Crippen molar-refractivity contribution >= 4 is 5.91 Å². The third-order valence-electron chi connectivity index (χ3n) is 6.26. The number of rotatable bonds is 6. The van der Waals surface area contributed by atoms with Crippen molar-refractivity contribution in [1.29, 1.82) is 0 Å². The van der Waals surface area contributed by atoms with E-state index < -0.39 is 0 Å². The van der Waals surface area contributed by atoms with E-state index in [1.54, 1.807) is 42.7 Å². The maximum Gasteiger partial charge on any atom is 0.253 e. The first-order valence-corrected chi connectivity index (χ1v) is 11.7. The van der Waals surface area contributed by atoms with Crippen LogP contribution < -0.4 is 0 Å². The quantitative estimate of drug-likeness (QED) is 0.369. The van der Waals surface area contributed by atoms with Crippen LogP contribution in [-0.4, -0.2) is 33.9 Å². The molecule has 178 valence electrons. The summed E-state index contributed by atoms with van der Waals surface area (Å²) in [5.41, 5.74) is 3.09. The second-order valence-corrected chi connectivity index (χ2v) is 8.90. The summed E-state index contributed by atoms with van der Waals surface area (Å²) in [6.07, 6.45) is 6.05. The largest absolute Gasteiger partial charge is 0.445 e. The fraction of sp³-hybridized carbons (Fsp3) is 0.250. The van der Waals surface area contributed by atoms with E-state index in [1.807, 2.05) is 11.0 Å². The Kier molecular flexibility index (Phi) is 6.66. The zero-order valence-corrected chi connectivity index (χ0v) is 19.2. The number of nitrogens with zero attached hydrogens (tertiary/aromatic N) is 3. The summed E-state index contributed by atoms with van der Waals surface area (Å²) in [7, 11) is 0. The highest BCUT2D eigenvalue weighted by molar-refractivity contribution is 5.94. The first-order chi connectivity index (χ1) is 17.0. The van der Waals surface area contributed by atoms with Crippen molar-refractivity contribution < 1.29 is 18.0 Å². The van der Waals surface area contributed by atoms with Crippen LogP contribution in [0.15, 0.2) is 77.5 Å². The summed E-state index contributed by atoms with van der Waals surface area (Å²) in [6, 6.07) is 16.2. The molecular weight excluding hydrogens is 448 g/mol. The molecule has 35 heavy (non-hydrogen) atoms. The number of hydrogen-bond donors (Lipinski definition) is 0. The van der Waals surface area contributed by atoms with Gasteiger partial charge in [0, 0.05) is 43.4 Å². The van der Waals surface area contributed by atoms with Crippen LogP contribution in [0.1, 0.15) is 57.6 Å². The topological polar surface area (TPSA) is 59.2 Å². The molecule has 0 aliphatic carbocycles. The van der Waals surface area contributed by atoms with Crippen molar-refractivity contribution in [2.24, 2.45) is 0 Å². The molecule has 1 aliphatic heterocycles. The smallest absolute Gasteiger partial charge is 0.253 e. The Morgan fingerprint density at radius 1 is 0.971 bits per heavy atom. The molecule has 2 aromatic heterocycles. The lowest BCUT2D eigenvalue weighted by molar-refractivity contribution is 0.0697. The summed E-state index contributed by atoms with van der Waals surface area (Å²) in [5, 5.41) is 0. The number of pyridine rings is 1. The minimum absolute atomic E-state index is 0.00878. The number of piperidine rings is 1. The number of hydrogen-bond acceptors (Lipinski definition) is 4. The van der Waals surface area contributed by atoms with E-state index >= 15 is 0 Å². The standard InChI is InChI=1S/C28H25F2N3O2/c29-23-8-6-19(7-9-23)14-25-16-21(10-11-31-25)28(34)33-12-2-4-22(18-33)27-32-17-26(35-27)15-20-3-1-5-24(30)13-20/h1,3,5-11,13,16-17,22H,2,4,12,14-15,18H2/t22-/m0/s1. The van der Waals surface area contributed by atoms with Gasteiger partial charge in [-0.3, -0.25) is 9.78 Å².